The van der Waals surface area contributed by atoms with Gasteiger partial charge in [0.25, 0.3) is 0 Å². The molecule has 0 aromatic heterocycles. The average Bonchev–Trinajstić information content (AvgIpc) is 2.58. The fraction of sp³-hybridized carbons (Fsp3) is 0.600. The molecule has 3 unspecified atom stereocenters. The van der Waals surface area contributed by atoms with E-state index in [2.05, 4.69) is 0 Å². The zero-order valence-corrected chi connectivity index (χ0v) is 7.74. The zero-order chi connectivity index (χ0) is 9.47. The SMILES string of the molecule is CCOC1(C)OC2C=CC1C2=C=O. The van der Waals surface area contributed by atoms with Gasteiger partial charge in [-0.1, -0.05) is 12.2 Å². The third-order valence-corrected chi connectivity index (χ3v) is 2.59. The first kappa shape index (κ1) is 8.70. The van der Waals surface area contributed by atoms with Gasteiger partial charge in [-0.3, -0.25) is 0 Å². The lowest BCUT2D eigenvalue weighted by Gasteiger charge is -2.29. The van der Waals surface area contributed by atoms with Crippen LogP contribution in [0.5, 0.6) is 0 Å². The molecule has 0 aromatic carbocycles. The van der Waals surface area contributed by atoms with E-state index in [4.69, 9.17) is 9.47 Å². The predicted octanol–water partition coefficient (Wildman–Crippen LogP) is 1.08. The molecule has 1 aliphatic carbocycles. The fourth-order valence-electron chi connectivity index (χ4n) is 2.01. The Labute approximate surface area is 77.0 Å². The van der Waals surface area contributed by atoms with Crippen molar-refractivity contribution in [2.24, 2.45) is 5.92 Å². The maximum atomic E-state index is 10.6. The van der Waals surface area contributed by atoms with Crippen molar-refractivity contribution < 1.29 is 14.3 Å². The topological polar surface area (TPSA) is 35.5 Å². The van der Waals surface area contributed by atoms with E-state index in [1.807, 2.05) is 31.9 Å². The van der Waals surface area contributed by atoms with Crippen molar-refractivity contribution in [2.75, 3.05) is 6.61 Å². The summed E-state index contributed by atoms with van der Waals surface area (Å²) < 4.78 is 11.1. The Kier molecular flexibility index (Phi) is 1.88. The van der Waals surface area contributed by atoms with Gasteiger partial charge in [-0.2, -0.15) is 0 Å². The summed E-state index contributed by atoms with van der Waals surface area (Å²) in [6.07, 6.45) is 3.63. The smallest absolute Gasteiger partial charge is 0.177 e. The summed E-state index contributed by atoms with van der Waals surface area (Å²) in [6.45, 7) is 4.36. The standard InChI is InChI=1S/C10H12O3/c1-3-12-10(2)8-4-5-9(13-10)7(8)6-11/h4-5,8-9H,3H2,1-2H3. The van der Waals surface area contributed by atoms with E-state index < -0.39 is 5.79 Å². The summed E-state index contributed by atoms with van der Waals surface area (Å²) in [5.41, 5.74) is 0.663. The second-order valence-corrected chi connectivity index (χ2v) is 3.41. The van der Waals surface area contributed by atoms with Crippen LogP contribution < -0.4 is 0 Å². The Hall–Kier alpha value is -0.890. The van der Waals surface area contributed by atoms with Gasteiger partial charge in [-0.25, -0.2) is 4.79 Å². The average molecular weight is 180 g/mol. The predicted molar refractivity (Wildman–Crippen MR) is 46.7 cm³/mol. The van der Waals surface area contributed by atoms with E-state index in [0.29, 0.717) is 12.2 Å². The molecule has 1 heterocycles. The van der Waals surface area contributed by atoms with Gasteiger partial charge in [0.15, 0.2) is 5.79 Å². The van der Waals surface area contributed by atoms with Gasteiger partial charge in [0.1, 0.15) is 12.0 Å². The Balaban J connectivity index is 2.30. The Morgan fingerprint density at radius 1 is 1.69 bits per heavy atom. The van der Waals surface area contributed by atoms with Gasteiger partial charge >= 0.3 is 0 Å². The normalized spacial score (nSPS) is 41.2. The molecule has 13 heavy (non-hydrogen) atoms. The molecule has 0 radical (unpaired) electrons. The molecule has 2 rings (SSSR count). The summed E-state index contributed by atoms with van der Waals surface area (Å²) in [5.74, 6) is 1.24. The summed E-state index contributed by atoms with van der Waals surface area (Å²) in [6, 6.07) is 0. The maximum Gasteiger partial charge on any atom is 0.177 e. The lowest BCUT2D eigenvalue weighted by atomic mass is 9.98. The molecule has 3 heteroatoms. The van der Waals surface area contributed by atoms with Crippen LogP contribution in [0.1, 0.15) is 13.8 Å². The van der Waals surface area contributed by atoms with Crippen molar-refractivity contribution in [1.29, 1.82) is 0 Å². The molecule has 70 valence electrons. The van der Waals surface area contributed by atoms with Crippen LogP contribution in [0.2, 0.25) is 0 Å². The lowest BCUT2D eigenvalue weighted by Crippen LogP contribution is -2.36. The first-order valence-electron chi connectivity index (χ1n) is 4.46. The Bertz CT molecular complexity index is 301. The highest BCUT2D eigenvalue weighted by Crippen LogP contribution is 2.45. The van der Waals surface area contributed by atoms with Crippen molar-refractivity contribution in [1.82, 2.24) is 0 Å². The molecule has 1 saturated heterocycles. The summed E-state index contributed by atoms with van der Waals surface area (Å²) in [4.78, 5) is 10.6. The van der Waals surface area contributed by atoms with E-state index in [0.717, 1.165) is 0 Å². The van der Waals surface area contributed by atoms with E-state index in [1.54, 1.807) is 0 Å². The second-order valence-electron chi connectivity index (χ2n) is 3.41. The summed E-state index contributed by atoms with van der Waals surface area (Å²) >= 11 is 0. The van der Waals surface area contributed by atoms with Gasteiger partial charge in [0.05, 0.1) is 11.5 Å². The number of hydrogen-bond acceptors (Lipinski definition) is 3. The monoisotopic (exact) mass is 180 g/mol. The molecule has 3 nitrogen and oxygen atoms in total. The minimum absolute atomic E-state index is 0.0463. The number of fused-ring (bicyclic) bond motifs is 2. The van der Waals surface area contributed by atoms with Gasteiger partial charge in [0, 0.05) is 6.61 Å². The fourth-order valence-corrected chi connectivity index (χ4v) is 2.01. The lowest BCUT2D eigenvalue weighted by molar-refractivity contribution is -0.222. The molecular weight excluding hydrogens is 168 g/mol. The highest BCUT2D eigenvalue weighted by molar-refractivity contribution is 5.61. The van der Waals surface area contributed by atoms with Crippen LogP contribution in [0, 0.1) is 5.92 Å². The summed E-state index contributed by atoms with van der Waals surface area (Å²) in [5, 5.41) is 0. The molecule has 2 aliphatic rings. The largest absolute Gasteiger partial charge is 0.349 e. The molecule has 0 spiro atoms. The van der Waals surface area contributed by atoms with Crippen LogP contribution in [-0.4, -0.2) is 24.4 Å². The van der Waals surface area contributed by atoms with Crippen LogP contribution in [0.4, 0.5) is 0 Å². The number of hydrogen-bond donors (Lipinski definition) is 0. The minimum Gasteiger partial charge on any atom is -0.349 e. The molecule has 3 atom stereocenters. The van der Waals surface area contributed by atoms with Crippen molar-refractivity contribution in [3.05, 3.63) is 17.7 Å². The van der Waals surface area contributed by atoms with Gasteiger partial charge < -0.3 is 9.47 Å². The van der Waals surface area contributed by atoms with Crippen molar-refractivity contribution >= 4 is 5.94 Å². The molecule has 1 fully saturated rings. The molecule has 0 saturated carbocycles. The third kappa shape index (κ3) is 1.09. The van der Waals surface area contributed by atoms with Crippen molar-refractivity contribution in [3.63, 3.8) is 0 Å². The van der Waals surface area contributed by atoms with E-state index in [9.17, 15) is 4.79 Å². The van der Waals surface area contributed by atoms with E-state index in [1.165, 1.54) is 0 Å². The van der Waals surface area contributed by atoms with Crippen LogP contribution >= 0.6 is 0 Å². The van der Waals surface area contributed by atoms with Gasteiger partial charge in [-0.15, -0.1) is 0 Å². The van der Waals surface area contributed by atoms with Crippen molar-refractivity contribution in [2.45, 2.75) is 25.7 Å². The Morgan fingerprint density at radius 3 is 3.00 bits per heavy atom. The van der Waals surface area contributed by atoms with Gasteiger partial charge in [-0.05, 0) is 13.8 Å². The second kappa shape index (κ2) is 2.81. The van der Waals surface area contributed by atoms with Gasteiger partial charge in [0.2, 0.25) is 0 Å². The number of rotatable bonds is 2. The van der Waals surface area contributed by atoms with Crippen LogP contribution in [0.3, 0.4) is 0 Å². The molecule has 2 bridgehead atoms. The van der Waals surface area contributed by atoms with Crippen molar-refractivity contribution in [3.8, 4) is 0 Å². The van der Waals surface area contributed by atoms with E-state index in [-0.39, 0.29) is 12.0 Å². The highest BCUT2D eigenvalue weighted by atomic mass is 16.7. The number of carbonyl (C=O) groups excluding carboxylic acids is 1. The first-order valence-corrected chi connectivity index (χ1v) is 4.46. The minimum atomic E-state index is -0.652. The molecule has 1 aliphatic heterocycles. The molecule has 0 N–H and O–H groups in total. The van der Waals surface area contributed by atoms with Crippen LogP contribution in [0.25, 0.3) is 0 Å². The zero-order valence-electron chi connectivity index (χ0n) is 7.74. The molecule has 0 aromatic rings. The summed E-state index contributed by atoms with van der Waals surface area (Å²) in [7, 11) is 0. The maximum absolute atomic E-state index is 10.6. The molecular formula is C10H12O3. The quantitative estimate of drug-likeness (QED) is 0.471. The van der Waals surface area contributed by atoms with Crippen LogP contribution in [-0.2, 0) is 14.3 Å². The first-order chi connectivity index (χ1) is 6.21. The van der Waals surface area contributed by atoms with E-state index >= 15 is 0 Å². The third-order valence-electron chi connectivity index (χ3n) is 2.59. The highest BCUT2D eigenvalue weighted by Gasteiger charge is 2.51. The van der Waals surface area contributed by atoms with Crippen LogP contribution in [0.15, 0.2) is 17.7 Å². The number of ether oxygens (including phenoxy) is 2. The Morgan fingerprint density at radius 2 is 2.46 bits per heavy atom. The molecule has 0 amide bonds.